The summed E-state index contributed by atoms with van der Waals surface area (Å²) in [4.78, 5) is 0. The van der Waals surface area contributed by atoms with Gasteiger partial charge in [0.25, 0.3) is 0 Å². The van der Waals surface area contributed by atoms with Crippen molar-refractivity contribution < 1.29 is 0 Å². The fourth-order valence-electron chi connectivity index (χ4n) is 0.341. The Morgan fingerprint density at radius 1 is 1.33 bits per heavy atom. The van der Waals surface area contributed by atoms with Crippen molar-refractivity contribution in [2.75, 3.05) is 5.75 Å². The minimum absolute atomic E-state index is 0.506. The Morgan fingerprint density at radius 2 is 2.33 bits per heavy atom. The van der Waals surface area contributed by atoms with Crippen LogP contribution in [-0.4, -0.2) is 5.75 Å². The first kappa shape index (κ1) is 3.54. The molecular formula is C4H8FmS. The van der Waals surface area contributed by atoms with Gasteiger partial charge in [0.1, 0.15) is 0 Å². The van der Waals surface area contributed by atoms with Crippen molar-refractivity contribution in [2.45, 2.75) is 19.8 Å². The van der Waals surface area contributed by atoms with Crippen molar-refractivity contribution >= 4 is 12.6 Å². The second-order valence-electron chi connectivity index (χ2n) is 1.22. The number of hydrogen-bond donors (Lipinski definition) is 0. The van der Waals surface area contributed by atoms with E-state index in [9.17, 15) is 0 Å². The molecule has 1 rings (SSSR count). The molecule has 2 heteroatoms. The van der Waals surface area contributed by atoms with Crippen LogP contribution in [0.5, 0.6) is 0 Å². The Labute approximate surface area is 39.0 Å². The summed E-state index contributed by atoms with van der Waals surface area (Å²) in [6, 6.07) is 0. The molecule has 0 N–H and O–H groups in total. The Hall–Kier alpha value is -0.650. The molecule has 42 valence electrons. The molecule has 0 amide bonds. The Balaban J connectivity index is 2.00. The predicted molar refractivity (Wildman–Crippen MR) is 26.5 cm³/mol. The molecule has 0 saturated carbocycles. The van der Waals surface area contributed by atoms with Crippen LogP contribution >= 0.6 is 12.6 Å². The monoisotopic (exact) mass is 345 g/mol. The first-order valence-electron chi connectivity index (χ1n) is 2.11. The molecule has 1 fully saturated rings. The number of hydrogen-bond acceptors (Lipinski definition) is 1. The summed E-state index contributed by atoms with van der Waals surface area (Å²) in [6.45, 7) is 1.59. The van der Waals surface area contributed by atoms with Gasteiger partial charge in [-0.3, -0.25) is 0 Å². The van der Waals surface area contributed by atoms with Gasteiger partial charge < -0.3 is 0 Å². The molecule has 1 aliphatic rings. The van der Waals surface area contributed by atoms with Crippen molar-refractivity contribution in [1.29, 1.82) is 0 Å². The standard InChI is InChI=1S/C4H9S.Fm/c1-2-3-4-5;/h5H,1-4H2;/q;+1/p-1. The molecule has 0 spiro atoms. The predicted octanol–water partition coefficient (Wildman–Crippen LogP) is 1.93. The van der Waals surface area contributed by atoms with Crippen LogP contribution in [-0.2, 0) is 0 Å². The molecule has 6 heavy (non-hydrogen) atoms. The number of rotatable bonds is 0. The van der Waals surface area contributed by atoms with Gasteiger partial charge in [0.05, 0.1) is 0 Å². The van der Waals surface area contributed by atoms with E-state index < -0.39 is 0 Å². The summed E-state index contributed by atoms with van der Waals surface area (Å²) < 4.78 is 0.506. The van der Waals surface area contributed by atoms with Gasteiger partial charge >= 0.3 is 38.1 Å². The van der Waals surface area contributed by atoms with E-state index in [1.165, 1.54) is 18.6 Å². The van der Waals surface area contributed by atoms with E-state index in [1.54, 1.807) is 6.92 Å². The average Bonchev–Trinajstić information content (AvgIpc) is 1.72. The third kappa shape index (κ3) is 0.646. The molecular weight excluding hydrogens is 337 g/mol. The molecule has 0 aromatic heterocycles. The summed E-state index contributed by atoms with van der Waals surface area (Å²) >= 11 is 2.22. The van der Waals surface area contributed by atoms with Crippen LogP contribution in [0.3, 0.4) is 0 Å². The summed E-state index contributed by atoms with van der Waals surface area (Å²) in [5.74, 6) is 1.47. The fraction of sp³-hybridized carbons (Fsp3) is 1.00. The van der Waals surface area contributed by atoms with Gasteiger partial charge in [0.2, 0.25) is 0 Å². The molecule has 0 nitrogen and oxygen atoms in total. The van der Waals surface area contributed by atoms with Crippen LogP contribution in [0.15, 0.2) is 0 Å². The van der Waals surface area contributed by atoms with Crippen LogP contribution < -0.4 is 0 Å². The van der Waals surface area contributed by atoms with Crippen LogP contribution in [0.1, 0.15) is 12.8 Å². The van der Waals surface area contributed by atoms with Crippen molar-refractivity contribution in [2.24, 2.45) is 0 Å². The normalized spacial score (nSPS) is 21.3. The zero-order chi connectivity index (χ0) is 4.24. The van der Waals surface area contributed by atoms with E-state index >= 15 is 0 Å². The Kier molecular flexibility index (Phi) is 1.01. The quantitative estimate of drug-likeness (QED) is 0.647. The van der Waals surface area contributed by atoms with Gasteiger partial charge in [-0.1, -0.05) is 0 Å². The van der Waals surface area contributed by atoms with Crippen molar-refractivity contribution in [3.63, 3.8) is 0 Å². The third-order valence-electron chi connectivity index (χ3n) is 0.673. The summed E-state index contributed by atoms with van der Waals surface area (Å²) in [7, 11) is 0. The minimum atomic E-state index is 0.506. The molecule has 0 bridgehead atoms. The maximum atomic E-state index is 2.22. The van der Waals surface area contributed by atoms with E-state index in [2.05, 4.69) is 12.6 Å². The second-order valence-corrected chi connectivity index (χ2v) is 7.33. The van der Waals surface area contributed by atoms with Crippen LogP contribution in [0.4, 0.5) is 0 Å². The summed E-state index contributed by atoms with van der Waals surface area (Å²) in [6.07, 6.45) is 3.03. The molecule has 0 aromatic carbocycles. The van der Waals surface area contributed by atoms with Gasteiger partial charge in [-0.05, 0) is 0 Å². The van der Waals surface area contributed by atoms with Gasteiger partial charge in [-0.25, -0.2) is 0 Å². The van der Waals surface area contributed by atoms with Crippen LogP contribution in [0.25, 0.3) is 0 Å². The third-order valence-corrected chi connectivity index (χ3v) is 6.58. The van der Waals surface area contributed by atoms with E-state index in [0.29, 0.717) is 0 Å². The average molecular weight is 345 g/mol. The van der Waals surface area contributed by atoms with Gasteiger partial charge in [-0.2, -0.15) is 0 Å². The zero-order valence-electron chi connectivity index (χ0n) is 3.53. The molecule has 0 aliphatic carbocycles. The maximum absolute atomic E-state index is 2.22. The SMILES string of the molecule is C1C[CH2][Fm][S]C1. The first-order valence-corrected chi connectivity index (χ1v) is 7.57. The van der Waals surface area contributed by atoms with Crippen LogP contribution in [0.2, 0.25) is 6.92 Å². The molecule has 1 aliphatic heterocycles. The van der Waals surface area contributed by atoms with Crippen molar-refractivity contribution in [3.8, 4) is 0 Å². The fourth-order valence-corrected chi connectivity index (χ4v) is 5.64. The van der Waals surface area contributed by atoms with E-state index in [4.69, 9.17) is 0 Å². The summed E-state index contributed by atoms with van der Waals surface area (Å²) in [5.41, 5.74) is 0. The molecule has 0 radical (unpaired) electrons. The van der Waals surface area contributed by atoms with Gasteiger partial charge in [0.15, 0.2) is 0 Å². The van der Waals surface area contributed by atoms with E-state index in [1.807, 2.05) is 0 Å². The molecule has 1 heterocycles. The first-order chi connectivity index (χ1) is 3.00. The van der Waals surface area contributed by atoms with Crippen LogP contribution in [0, 0.1) is 0 Å². The van der Waals surface area contributed by atoms with Gasteiger partial charge in [0, 0.05) is 0 Å². The van der Waals surface area contributed by atoms with Crippen molar-refractivity contribution in [1.82, 2.24) is 0 Å². The molecule has 0 atom stereocenters. The van der Waals surface area contributed by atoms with E-state index in [-0.39, 0.29) is 0 Å². The zero-order valence-corrected chi connectivity index (χ0v) is 6.75. The molecule has 0 unspecified atom stereocenters. The summed E-state index contributed by atoms with van der Waals surface area (Å²) in [5, 5.41) is 0. The molecule has 0 aromatic rings. The van der Waals surface area contributed by atoms with Gasteiger partial charge in [-0.15, -0.1) is 0 Å². The van der Waals surface area contributed by atoms with Crippen molar-refractivity contribution in [3.05, 3.63) is 0 Å². The Morgan fingerprint density at radius 3 is 2.50 bits per heavy atom. The Bertz CT molecular complexity index is 23.0. The second kappa shape index (κ2) is 1.71. The van der Waals surface area contributed by atoms with E-state index in [0.717, 1.165) is 0 Å². The molecule has 1 saturated heterocycles. The topological polar surface area (TPSA) is 0 Å².